The normalized spacial score (nSPS) is 13.3. The van der Waals surface area contributed by atoms with Crippen molar-refractivity contribution in [3.8, 4) is 16.9 Å². The average molecular weight is 407 g/mol. The zero-order chi connectivity index (χ0) is 20.3. The molecular weight excluding hydrogens is 392 g/mol. The molecule has 2 heterocycles. The molecule has 0 bridgehead atoms. The van der Waals surface area contributed by atoms with Crippen LogP contribution >= 0.6 is 11.6 Å². The SMILES string of the molecule is O=C1NC(=O)c2c1c(-c1ccccc1Cl)cc1c2c2cc(O)ccc2n1CCO. The number of rotatable bonds is 3. The Balaban J connectivity index is 2.02. The number of benzene rings is 3. The molecule has 1 aliphatic heterocycles. The molecule has 29 heavy (non-hydrogen) atoms. The Kier molecular flexibility index (Phi) is 3.87. The maximum atomic E-state index is 12.8. The van der Waals surface area contributed by atoms with Gasteiger partial charge in [0.25, 0.3) is 11.8 Å². The van der Waals surface area contributed by atoms with Crippen LogP contribution in [0.2, 0.25) is 5.02 Å². The summed E-state index contributed by atoms with van der Waals surface area (Å²) in [5.41, 5.74) is 3.14. The number of amides is 2. The number of nitrogens with one attached hydrogen (secondary N) is 1. The smallest absolute Gasteiger partial charge is 0.259 e. The molecule has 4 aromatic rings. The molecule has 0 aliphatic carbocycles. The largest absolute Gasteiger partial charge is 0.508 e. The molecule has 6 nitrogen and oxygen atoms in total. The average Bonchev–Trinajstić information content (AvgIpc) is 3.16. The van der Waals surface area contributed by atoms with Crippen LogP contribution in [0.1, 0.15) is 20.7 Å². The van der Waals surface area contributed by atoms with Gasteiger partial charge in [0.15, 0.2) is 0 Å². The third-order valence-corrected chi connectivity index (χ3v) is 5.64. The Hall–Kier alpha value is -3.35. The second kappa shape index (κ2) is 6.34. The van der Waals surface area contributed by atoms with Crippen LogP contribution in [0, 0.1) is 0 Å². The lowest BCUT2D eigenvalue weighted by atomic mass is 9.93. The molecule has 1 aromatic heterocycles. The van der Waals surface area contributed by atoms with Crippen molar-refractivity contribution in [2.45, 2.75) is 6.54 Å². The van der Waals surface area contributed by atoms with E-state index in [1.165, 1.54) is 0 Å². The van der Waals surface area contributed by atoms with Gasteiger partial charge in [0.05, 0.1) is 23.3 Å². The number of imide groups is 1. The molecule has 2 amide bonds. The first-order chi connectivity index (χ1) is 14.0. The van der Waals surface area contributed by atoms with Gasteiger partial charge in [0.1, 0.15) is 5.75 Å². The van der Waals surface area contributed by atoms with Gasteiger partial charge in [-0.25, -0.2) is 0 Å². The van der Waals surface area contributed by atoms with Crippen molar-refractivity contribution < 1.29 is 19.8 Å². The predicted molar refractivity (Wildman–Crippen MR) is 110 cm³/mol. The van der Waals surface area contributed by atoms with E-state index in [9.17, 15) is 19.8 Å². The van der Waals surface area contributed by atoms with E-state index < -0.39 is 11.8 Å². The Bertz CT molecular complexity index is 1360. The summed E-state index contributed by atoms with van der Waals surface area (Å²) in [5.74, 6) is -0.922. The zero-order valence-electron chi connectivity index (χ0n) is 15.1. The highest BCUT2D eigenvalue weighted by Gasteiger charge is 2.34. The number of hydrogen-bond acceptors (Lipinski definition) is 4. The molecule has 144 valence electrons. The first kappa shape index (κ1) is 17.7. The number of halogens is 1. The van der Waals surface area contributed by atoms with Crippen molar-refractivity contribution in [3.63, 3.8) is 0 Å². The van der Waals surface area contributed by atoms with Crippen molar-refractivity contribution in [2.75, 3.05) is 6.61 Å². The van der Waals surface area contributed by atoms with Crippen molar-refractivity contribution >= 4 is 45.2 Å². The third kappa shape index (κ3) is 2.46. The van der Waals surface area contributed by atoms with Gasteiger partial charge in [-0.3, -0.25) is 14.9 Å². The zero-order valence-corrected chi connectivity index (χ0v) is 15.8. The molecule has 0 fully saturated rings. The van der Waals surface area contributed by atoms with Gasteiger partial charge in [-0.2, -0.15) is 0 Å². The molecule has 7 heteroatoms. The minimum atomic E-state index is -0.490. The van der Waals surface area contributed by atoms with E-state index in [0.29, 0.717) is 39.0 Å². The molecule has 0 spiro atoms. The van der Waals surface area contributed by atoms with E-state index >= 15 is 0 Å². The van der Waals surface area contributed by atoms with Crippen LogP contribution in [0.25, 0.3) is 32.9 Å². The van der Waals surface area contributed by atoms with Gasteiger partial charge in [-0.1, -0.05) is 29.8 Å². The molecule has 1 aliphatic rings. The predicted octanol–water partition coefficient (Wildman–Crippen LogP) is 3.70. The van der Waals surface area contributed by atoms with Gasteiger partial charge < -0.3 is 14.8 Å². The van der Waals surface area contributed by atoms with Crippen LogP contribution in [0.4, 0.5) is 0 Å². The van der Waals surface area contributed by atoms with Crippen LogP contribution in [-0.4, -0.2) is 33.2 Å². The topological polar surface area (TPSA) is 91.6 Å². The fourth-order valence-corrected chi connectivity index (χ4v) is 4.41. The summed E-state index contributed by atoms with van der Waals surface area (Å²) in [6, 6.07) is 13.8. The minimum absolute atomic E-state index is 0.0502. The summed E-state index contributed by atoms with van der Waals surface area (Å²) in [6.07, 6.45) is 0. The highest BCUT2D eigenvalue weighted by Crippen LogP contribution is 2.42. The van der Waals surface area contributed by atoms with Crippen LogP contribution in [0.15, 0.2) is 48.5 Å². The van der Waals surface area contributed by atoms with E-state index in [1.807, 2.05) is 16.7 Å². The number of fused-ring (bicyclic) bond motifs is 5. The standard InChI is InChI=1S/C22H15ClN2O4/c23-15-4-2-1-3-12(15)13-10-17-18(20-19(13)21(28)24-22(20)29)14-9-11(27)5-6-16(14)25(17)7-8-26/h1-6,9-10,26-27H,7-8H2,(H,24,28,29). The lowest BCUT2D eigenvalue weighted by Crippen LogP contribution is -2.20. The molecule has 0 saturated heterocycles. The van der Waals surface area contributed by atoms with Crippen LogP contribution in [-0.2, 0) is 6.54 Å². The number of aromatic hydroxyl groups is 1. The molecule has 5 rings (SSSR count). The molecule has 0 atom stereocenters. The molecule has 0 saturated carbocycles. The molecule has 3 N–H and O–H groups in total. The van der Waals surface area contributed by atoms with Gasteiger partial charge in [0, 0.05) is 33.4 Å². The van der Waals surface area contributed by atoms with Crippen molar-refractivity contribution in [2.24, 2.45) is 0 Å². The highest BCUT2D eigenvalue weighted by atomic mass is 35.5. The molecule has 0 radical (unpaired) electrons. The summed E-state index contributed by atoms with van der Waals surface area (Å²) in [4.78, 5) is 25.5. The number of phenols is 1. The van der Waals surface area contributed by atoms with E-state index in [0.717, 1.165) is 5.52 Å². The number of nitrogens with zero attached hydrogens (tertiary/aromatic N) is 1. The molecular formula is C22H15ClN2O4. The fraction of sp³-hybridized carbons (Fsp3) is 0.0909. The van der Waals surface area contributed by atoms with Crippen molar-refractivity contribution in [3.05, 3.63) is 64.7 Å². The van der Waals surface area contributed by atoms with E-state index in [4.69, 9.17) is 11.6 Å². The second-order valence-electron chi connectivity index (χ2n) is 6.91. The second-order valence-corrected chi connectivity index (χ2v) is 7.32. The first-order valence-corrected chi connectivity index (χ1v) is 9.42. The van der Waals surface area contributed by atoms with Gasteiger partial charge in [0.2, 0.25) is 0 Å². The Morgan fingerprint density at radius 3 is 2.45 bits per heavy atom. The number of carbonyl (C=O) groups excluding carboxylic acids is 2. The Labute approximate surface area is 169 Å². The Morgan fingerprint density at radius 1 is 0.931 bits per heavy atom. The lowest BCUT2D eigenvalue weighted by Gasteiger charge is -2.11. The van der Waals surface area contributed by atoms with E-state index in [2.05, 4.69) is 5.32 Å². The van der Waals surface area contributed by atoms with Crippen molar-refractivity contribution in [1.82, 2.24) is 9.88 Å². The quantitative estimate of drug-likeness (QED) is 0.452. The van der Waals surface area contributed by atoms with Crippen LogP contribution in [0.5, 0.6) is 5.75 Å². The van der Waals surface area contributed by atoms with Crippen LogP contribution < -0.4 is 5.32 Å². The van der Waals surface area contributed by atoms with Crippen molar-refractivity contribution in [1.29, 1.82) is 0 Å². The first-order valence-electron chi connectivity index (χ1n) is 9.04. The Morgan fingerprint density at radius 2 is 1.69 bits per heavy atom. The summed E-state index contributed by atoms with van der Waals surface area (Å²) < 4.78 is 1.88. The molecule has 0 unspecified atom stereocenters. The van der Waals surface area contributed by atoms with E-state index in [-0.39, 0.29) is 23.5 Å². The van der Waals surface area contributed by atoms with Gasteiger partial charge in [-0.15, -0.1) is 0 Å². The maximum absolute atomic E-state index is 12.8. The number of aromatic nitrogens is 1. The number of aliphatic hydroxyl groups is 1. The fourth-order valence-electron chi connectivity index (χ4n) is 4.17. The van der Waals surface area contributed by atoms with E-state index in [1.54, 1.807) is 36.4 Å². The maximum Gasteiger partial charge on any atom is 0.259 e. The molecule has 3 aromatic carbocycles. The summed E-state index contributed by atoms with van der Waals surface area (Å²) in [7, 11) is 0. The minimum Gasteiger partial charge on any atom is -0.508 e. The number of phenolic OH excluding ortho intramolecular Hbond substituents is 1. The highest BCUT2D eigenvalue weighted by molar-refractivity contribution is 6.36. The lowest BCUT2D eigenvalue weighted by molar-refractivity contribution is 0.0880. The van der Waals surface area contributed by atoms with Gasteiger partial charge >= 0.3 is 0 Å². The number of aliphatic hydroxyl groups excluding tert-OH is 1. The summed E-state index contributed by atoms with van der Waals surface area (Å²) >= 11 is 6.40. The monoisotopic (exact) mass is 406 g/mol. The van der Waals surface area contributed by atoms with Gasteiger partial charge in [-0.05, 0) is 35.9 Å². The van der Waals surface area contributed by atoms with Crippen LogP contribution in [0.3, 0.4) is 0 Å². The third-order valence-electron chi connectivity index (χ3n) is 5.31. The number of hydrogen-bond donors (Lipinski definition) is 3. The number of carbonyl (C=O) groups is 2. The summed E-state index contributed by atoms with van der Waals surface area (Å²) in [5, 5.41) is 23.7. The summed E-state index contributed by atoms with van der Waals surface area (Å²) in [6.45, 7) is 0.185.